The number of sulfonamides is 1. The molecular weight excluding hydrogens is 352 g/mol. The third-order valence-corrected chi connectivity index (χ3v) is 5.92. The molecule has 1 aliphatic heterocycles. The van der Waals surface area contributed by atoms with Gasteiger partial charge < -0.3 is 9.32 Å². The maximum Gasteiger partial charge on any atom is 0.289 e. The summed E-state index contributed by atoms with van der Waals surface area (Å²) in [4.78, 5) is 14.5. The van der Waals surface area contributed by atoms with Crippen molar-refractivity contribution in [2.75, 3.05) is 32.4 Å². The number of hydrogen-bond acceptors (Lipinski definition) is 4. The number of furan rings is 1. The summed E-state index contributed by atoms with van der Waals surface area (Å²) >= 11 is 6.14. The van der Waals surface area contributed by atoms with Gasteiger partial charge in [0, 0.05) is 37.1 Å². The number of fused-ring (bicyclic) bond motifs is 1. The van der Waals surface area contributed by atoms with Gasteiger partial charge in [-0.05, 0) is 19.4 Å². The molecule has 1 aromatic heterocycles. The summed E-state index contributed by atoms with van der Waals surface area (Å²) in [5.74, 6) is 0.0426. The van der Waals surface area contributed by atoms with E-state index in [9.17, 15) is 13.2 Å². The summed E-state index contributed by atoms with van der Waals surface area (Å²) in [5, 5.41) is 1.28. The number of hydrogen-bond donors (Lipinski definition) is 0. The van der Waals surface area contributed by atoms with Gasteiger partial charge in [-0.25, -0.2) is 12.7 Å². The van der Waals surface area contributed by atoms with Crippen LogP contribution in [0.3, 0.4) is 0 Å². The van der Waals surface area contributed by atoms with Gasteiger partial charge in [0.15, 0.2) is 11.3 Å². The maximum absolute atomic E-state index is 12.8. The smallest absolute Gasteiger partial charge is 0.289 e. The van der Waals surface area contributed by atoms with Crippen molar-refractivity contribution >= 4 is 38.5 Å². The van der Waals surface area contributed by atoms with Crippen molar-refractivity contribution in [1.82, 2.24) is 9.21 Å². The Hall–Kier alpha value is -1.57. The van der Waals surface area contributed by atoms with E-state index in [-0.39, 0.29) is 11.7 Å². The van der Waals surface area contributed by atoms with Crippen LogP contribution in [0.25, 0.3) is 11.0 Å². The Bertz CT molecular complexity index is 891. The van der Waals surface area contributed by atoms with Gasteiger partial charge in [0.05, 0.1) is 11.3 Å². The first-order chi connectivity index (χ1) is 11.3. The highest BCUT2D eigenvalue weighted by atomic mass is 35.5. The van der Waals surface area contributed by atoms with E-state index in [1.54, 1.807) is 11.0 Å². The van der Waals surface area contributed by atoms with Crippen molar-refractivity contribution < 1.29 is 17.6 Å². The highest BCUT2D eigenvalue weighted by Gasteiger charge is 2.28. The number of nitrogens with zero attached hydrogens (tertiary/aromatic N) is 2. The van der Waals surface area contributed by atoms with E-state index in [0.29, 0.717) is 43.2 Å². The number of halogens is 1. The Morgan fingerprint density at radius 1 is 1.21 bits per heavy atom. The van der Waals surface area contributed by atoms with Gasteiger partial charge in [-0.2, -0.15) is 0 Å². The lowest BCUT2D eigenvalue weighted by atomic mass is 10.1. The minimum atomic E-state index is -3.24. The van der Waals surface area contributed by atoms with E-state index in [1.165, 1.54) is 10.6 Å². The van der Waals surface area contributed by atoms with E-state index in [0.717, 1.165) is 10.9 Å². The third-order valence-electron chi connectivity index (χ3n) is 4.32. The topological polar surface area (TPSA) is 70.8 Å². The maximum atomic E-state index is 12.8. The molecule has 1 fully saturated rings. The highest BCUT2D eigenvalue weighted by Crippen LogP contribution is 2.31. The molecule has 0 bridgehead atoms. The second-order valence-corrected chi connectivity index (χ2v) is 8.37. The van der Waals surface area contributed by atoms with Crippen molar-refractivity contribution in [3.05, 3.63) is 34.5 Å². The van der Waals surface area contributed by atoms with E-state index in [4.69, 9.17) is 16.0 Å². The molecule has 0 N–H and O–H groups in total. The second kappa shape index (κ2) is 6.38. The Balaban J connectivity index is 1.87. The van der Waals surface area contributed by atoms with Crippen LogP contribution in [0.15, 0.2) is 22.6 Å². The molecule has 0 atom stereocenters. The van der Waals surface area contributed by atoms with E-state index >= 15 is 0 Å². The Morgan fingerprint density at radius 3 is 2.62 bits per heavy atom. The average molecular weight is 371 g/mol. The lowest BCUT2D eigenvalue weighted by molar-refractivity contribution is 0.0733. The normalized spacial score (nSPS) is 17.2. The molecule has 0 spiro atoms. The zero-order chi connectivity index (χ0) is 17.5. The van der Waals surface area contributed by atoms with Crippen LogP contribution >= 0.6 is 11.6 Å². The molecule has 0 unspecified atom stereocenters. The fourth-order valence-electron chi connectivity index (χ4n) is 2.98. The highest BCUT2D eigenvalue weighted by molar-refractivity contribution is 7.88. The molecule has 0 saturated carbocycles. The van der Waals surface area contributed by atoms with Gasteiger partial charge in [0.2, 0.25) is 10.0 Å². The Labute approximate surface area is 146 Å². The molecule has 130 valence electrons. The summed E-state index contributed by atoms with van der Waals surface area (Å²) in [7, 11) is -3.24. The SMILES string of the molecule is Cc1c(C(=O)N2CCCN(S(C)(=O)=O)CC2)oc2c(Cl)cccc12. The molecular formula is C16H19ClN2O4S. The lowest BCUT2D eigenvalue weighted by Crippen LogP contribution is -2.37. The minimum absolute atomic E-state index is 0.227. The lowest BCUT2D eigenvalue weighted by Gasteiger charge is -2.20. The Morgan fingerprint density at radius 2 is 1.96 bits per heavy atom. The minimum Gasteiger partial charge on any atom is -0.449 e. The van der Waals surface area contributed by atoms with Crippen LogP contribution in [0.4, 0.5) is 0 Å². The van der Waals surface area contributed by atoms with Gasteiger partial charge in [0.1, 0.15) is 0 Å². The first-order valence-electron chi connectivity index (χ1n) is 7.71. The first kappa shape index (κ1) is 17.3. The Kier molecular flexibility index (Phi) is 4.59. The van der Waals surface area contributed by atoms with Crippen LogP contribution in [0.2, 0.25) is 5.02 Å². The third kappa shape index (κ3) is 3.16. The molecule has 6 nitrogen and oxygen atoms in total. The quantitative estimate of drug-likeness (QED) is 0.814. The second-order valence-electron chi connectivity index (χ2n) is 5.98. The predicted octanol–water partition coefficient (Wildman–Crippen LogP) is 2.50. The molecule has 3 rings (SSSR count). The van der Waals surface area contributed by atoms with Crippen molar-refractivity contribution in [3.63, 3.8) is 0 Å². The van der Waals surface area contributed by atoms with Gasteiger partial charge in [-0.1, -0.05) is 23.7 Å². The number of aryl methyl sites for hydroxylation is 1. The summed E-state index contributed by atoms with van der Waals surface area (Å²) < 4.78 is 30.5. The number of rotatable bonds is 2. The molecule has 1 aliphatic rings. The molecule has 1 amide bonds. The first-order valence-corrected chi connectivity index (χ1v) is 9.93. The van der Waals surface area contributed by atoms with Crippen molar-refractivity contribution in [1.29, 1.82) is 0 Å². The number of benzene rings is 1. The van der Waals surface area contributed by atoms with Crippen LogP contribution < -0.4 is 0 Å². The van der Waals surface area contributed by atoms with E-state index < -0.39 is 10.0 Å². The molecule has 0 radical (unpaired) electrons. The monoisotopic (exact) mass is 370 g/mol. The van der Waals surface area contributed by atoms with Crippen LogP contribution in [0, 0.1) is 6.92 Å². The van der Waals surface area contributed by atoms with Crippen molar-refractivity contribution in [2.24, 2.45) is 0 Å². The van der Waals surface area contributed by atoms with Crippen LogP contribution in [0.1, 0.15) is 22.5 Å². The van der Waals surface area contributed by atoms with Gasteiger partial charge in [0.25, 0.3) is 5.91 Å². The fraction of sp³-hybridized carbons (Fsp3) is 0.438. The van der Waals surface area contributed by atoms with Crippen LogP contribution in [-0.4, -0.2) is 56.0 Å². The summed E-state index contributed by atoms with van der Waals surface area (Å²) in [6.45, 7) is 3.39. The number of carbonyl (C=O) groups is 1. The van der Waals surface area contributed by atoms with Gasteiger partial charge in [-0.3, -0.25) is 4.79 Å². The van der Waals surface area contributed by atoms with Crippen molar-refractivity contribution in [3.8, 4) is 0 Å². The molecule has 2 aromatic rings. The molecule has 24 heavy (non-hydrogen) atoms. The fourth-order valence-corrected chi connectivity index (χ4v) is 4.07. The zero-order valence-corrected chi connectivity index (χ0v) is 15.2. The van der Waals surface area contributed by atoms with Crippen LogP contribution in [-0.2, 0) is 10.0 Å². The van der Waals surface area contributed by atoms with E-state index in [2.05, 4.69) is 0 Å². The number of carbonyl (C=O) groups excluding carboxylic acids is 1. The largest absolute Gasteiger partial charge is 0.449 e. The summed E-state index contributed by atoms with van der Waals surface area (Å²) in [6.07, 6.45) is 1.79. The summed E-state index contributed by atoms with van der Waals surface area (Å²) in [6, 6.07) is 5.40. The standard InChI is InChI=1S/C16H19ClN2O4S/c1-11-12-5-3-6-13(17)15(12)23-14(11)16(20)18-7-4-8-19(10-9-18)24(2,21)22/h3,5-6H,4,7-10H2,1-2H3. The van der Waals surface area contributed by atoms with Crippen LogP contribution in [0.5, 0.6) is 0 Å². The van der Waals surface area contributed by atoms with Gasteiger partial charge >= 0.3 is 0 Å². The van der Waals surface area contributed by atoms with Gasteiger partial charge in [-0.15, -0.1) is 0 Å². The molecule has 1 aromatic carbocycles. The predicted molar refractivity (Wildman–Crippen MR) is 92.9 cm³/mol. The number of para-hydroxylation sites is 1. The summed E-state index contributed by atoms with van der Waals surface area (Å²) in [5.41, 5.74) is 1.26. The molecule has 0 aliphatic carbocycles. The number of amides is 1. The molecule has 1 saturated heterocycles. The molecule has 2 heterocycles. The zero-order valence-electron chi connectivity index (χ0n) is 13.6. The average Bonchev–Trinajstić information content (AvgIpc) is 2.72. The molecule has 8 heteroatoms. The van der Waals surface area contributed by atoms with E-state index in [1.807, 2.05) is 19.1 Å². The van der Waals surface area contributed by atoms with Crippen molar-refractivity contribution in [2.45, 2.75) is 13.3 Å².